The van der Waals surface area contributed by atoms with Gasteiger partial charge in [-0.1, -0.05) is 11.6 Å². The Labute approximate surface area is 124 Å². The van der Waals surface area contributed by atoms with Crippen molar-refractivity contribution in [2.75, 3.05) is 18.8 Å². The van der Waals surface area contributed by atoms with Crippen molar-refractivity contribution >= 4 is 27.3 Å². The molecule has 0 saturated carbocycles. The predicted octanol–water partition coefficient (Wildman–Crippen LogP) is 1.77. The maximum absolute atomic E-state index is 12.6. The number of nitrogen functional groups attached to an aromatic ring is 1. The molecule has 20 heavy (non-hydrogen) atoms. The minimum absolute atomic E-state index is 0.0313. The number of sulfonamides is 1. The molecule has 7 heteroatoms. The van der Waals surface area contributed by atoms with Crippen LogP contribution in [0.15, 0.2) is 17.0 Å². The van der Waals surface area contributed by atoms with Gasteiger partial charge in [0.1, 0.15) is 4.90 Å². The van der Waals surface area contributed by atoms with Gasteiger partial charge in [-0.2, -0.15) is 4.31 Å². The topological polar surface area (TPSA) is 83.6 Å². The van der Waals surface area contributed by atoms with Gasteiger partial charge in [0.25, 0.3) is 0 Å². The third-order valence-electron chi connectivity index (χ3n) is 3.74. The number of anilines is 1. The molecule has 1 aliphatic rings. The van der Waals surface area contributed by atoms with Crippen molar-refractivity contribution in [2.24, 2.45) is 0 Å². The summed E-state index contributed by atoms with van der Waals surface area (Å²) in [6.45, 7) is 4.04. The van der Waals surface area contributed by atoms with E-state index in [0.717, 1.165) is 5.56 Å². The Hall–Kier alpha value is -0.820. The fourth-order valence-electron chi connectivity index (χ4n) is 2.21. The van der Waals surface area contributed by atoms with Crippen LogP contribution in [0.4, 0.5) is 5.69 Å². The first-order chi connectivity index (χ1) is 9.13. The van der Waals surface area contributed by atoms with Gasteiger partial charge in [0, 0.05) is 18.8 Å². The van der Waals surface area contributed by atoms with Crippen LogP contribution in [0.2, 0.25) is 5.02 Å². The molecule has 0 bridgehead atoms. The fourth-order valence-corrected chi connectivity index (χ4v) is 4.25. The molecule has 0 amide bonds. The lowest BCUT2D eigenvalue weighted by Gasteiger charge is -2.35. The van der Waals surface area contributed by atoms with Gasteiger partial charge in [-0.05, 0) is 44.4 Å². The molecule has 0 spiro atoms. The van der Waals surface area contributed by atoms with E-state index in [0.29, 0.717) is 18.5 Å². The molecule has 0 aliphatic carbocycles. The van der Waals surface area contributed by atoms with Crippen molar-refractivity contribution in [3.63, 3.8) is 0 Å². The fraction of sp³-hybridized carbons (Fsp3) is 0.538. The zero-order valence-corrected chi connectivity index (χ0v) is 13.1. The van der Waals surface area contributed by atoms with Crippen molar-refractivity contribution in [3.8, 4) is 0 Å². The Kier molecular flexibility index (Phi) is 4.03. The number of hydrogen-bond donors (Lipinski definition) is 2. The number of aryl methyl sites for hydroxylation is 1. The molecule has 1 saturated heterocycles. The molecule has 2 rings (SSSR count). The predicted molar refractivity (Wildman–Crippen MR) is 79.2 cm³/mol. The zero-order chi connectivity index (χ0) is 15.1. The highest BCUT2D eigenvalue weighted by atomic mass is 35.5. The van der Waals surface area contributed by atoms with Crippen molar-refractivity contribution in [1.29, 1.82) is 0 Å². The van der Waals surface area contributed by atoms with E-state index in [1.165, 1.54) is 10.4 Å². The van der Waals surface area contributed by atoms with E-state index in [1.54, 1.807) is 19.9 Å². The number of aliphatic hydroxyl groups is 1. The Balaban J connectivity index is 2.34. The second-order valence-electron chi connectivity index (χ2n) is 5.54. The highest BCUT2D eigenvalue weighted by Crippen LogP contribution is 2.32. The van der Waals surface area contributed by atoms with Gasteiger partial charge in [-0.25, -0.2) is 8.42 Å². The molecular formula is C13H19ClN2O3S. The molecule has 0 unspecified atom stereocenters. The third-order valence-corrected chi connectivity index (χ3v) is 6.10. The lowest BCUT2D eigenvalue weighted by atomic mass is 9.95. The molecule has 1 fully saturated rings. The first-order valence-electron chi connectivity index (χ1n) is 6.42. The van der Waals surface area contributed by atoms with Crippen molar-refractivity contribution in [1.82, 2.24) is 4.31 Å². The van der Waals surface area contributed by atoms with Gasteiger partial charge in [-0.3, -0.25) is 0 Å². The largest absolute Gasteiger partial charge is 0.398 e. The summed E-state index contributed by atoms with van der Waals surface area (Å²) in [6.07, 6.45) is 0.816. The van der Waals surface area contributed by atoms with Gasteiger partial charge in [0.05, 0.1) is 10.6 Å². The summed E-state index contributed by atoms with van der Waals surface area (Å²) in [4.78, 5) is 0.0313. The lowest BCUT2D eigenvalue weighted by Crippen LogP contribution is -2.45. The van der Waals surface area contributed by atoms with Crippen molar-refractivity contribution in [2.45, 2.75) is 37.2 Å². The van der Waals surface area contributed by atoms with E-state index in [9.17, 15) is 13.5 Å². The highest BCUT2D eigenvalue weighted by Gasteiger charge is 2.35. The first kappa shape index (κ1) is 15.6. The maximum Gasteiger partial charge on any atom is 0.244 e. The molecule has 5 nitrogen and oxygen atoms in total. The summed E-state index contributed by atoms with van der Waals surface area (Å²) in [5, 5.41) is 10.1. The van der Waals surface area contributed by atoms with E-state index in [2.05, 4.69) is 0 Å². The molecule has 3 N–H and O–H groups in total. The highest BCUT2D eigenvalue weighted by molar-refractivity contribution is 7.89. The number of benzene rings is 1. The maximum atomic E-state index is 12.6. The first-order valence-corrected chi connectivity index (χ1v) is 8.23. The number of rotatable bonds is 2. The molecule has 0 radical (unpaired) electrons. The van der Waals surface area contributed by atoms with E-state index in [4.69, 9.17) is 17.3 Å². The summed E-state index contributed by atoms with van der Waals surface area (Å²) >= 11 is 6.05. The summed E-state index contributed by atoms with van der Waals surface area (Å²) in [6, 6.07) is 2.96. The van der Waals surface area contributed by atoms with Crippen molar-refractivity contribution < 1.29 is 13.5 Å². The van der Waals surface area contributed by atoms with E-state index >= 15 is 0 Å². The SMILES string of the molecule is Cc1cc(Cl)c(S(=O)(=O)N2CCC(C)(O)CC2)cc1N. The van der Waals surface area contributed by atoms with Gasteiger partial charge in [0.2, 0.25) is 10.0 Å². The average Bonchev–Trinajstić information content (AvgIpc) is 2.33. The number of halogens is 1. The minimum Gasteiger partial charge on any atom is -0.398 e. The molecule has 1 heterocycles. The number of nitrogens with two attached hydrogens (primary N) is 1. The van der Waals surface area contributed by atoms with Gasteiger partial charge >= 0.3 is 0 Å². The molecular weight excluding hydrogens is 300 g/mol. The minimum atomic E-state index is -3.67. The number of piperidine rings is 1. The van der Waals surface area contributed by atoms with Crippen LogP contribution < -0.4 is 5.73 Å². The Morgan fingerprint density at radius 3 is 2.45 bits per heavy atom. The Morgan fingerprint density at radius 2 is 1.90 bits per heavy atom. The lowest BCUT2D eigenvalue weighted by molar-refractivity contribution is 0.0126. The zero-order valence-electron chi connectivity index (χ0n) is 11.6. The second kappa shape index (κ2) is 5.18. The second-order valence-corrected chi connectivity index (χ2v) is 7.85. The molecule has 0 aromatic heterocycles. The number of nitrogens with zero attached hydrogens (tertiary/aromatic N) is 1. The van der Waals surface area contributed by atoms with Gasteiger partial charge in [0.15, 0.2) is 0 Å². The smallest absolute Gasteiger partial charge is 0.244 e. The normalized spacial score (nSPS) is 20.0. The van der Waals surface area contributed by atoms with E-state index in [-0.39, 0.29) is 23.0 Å². The molecule has 1 aromatic rings. The standard InChI is InChI=1S/C13H19ClN2O3S/c1-9-7-10(14)12(8-11(9)15)20(18,19)16-5-3-13(2,17)4-6-16/h7-8,17H,3-6,15H2,1-2H3. The van der Waals surface area contributed by atoms with Crippen LogP contribution in [0.1, 0.15) is 25.3 Å². The summed E-state index contributed by atoms with van der Waals surface area (Å²) in [7, 11) is -3.67. The van der Waals surface area contributed by atoms with Crippen LogP contribution >= 0.6 is 11.6 Å². The summed E-state index contributed by atoms with van der Waals surface area (Å²) < 4.78 is 26.5. The van der Waals surface area contributed by atoms with Crippen LogP contribution in [-0.4, -0.2) is 36.5 Å². The monoisotopic (exact) mass is 318 g/mol. The van der Waals surface area contributed by atoms with Crippen LogP contribution in [-0.2, 0) is 10.0 Å². The van der Waals surface area contributed by atoms with Crippen molar-refractivity contribution in [3.05, 3.63) is 22.7 Å². The molecule has 1 aromatic carbocycles. The van der Waals surface area contributed by atoms with Crippen LogP contribution in [0.25, 0.3) is 0 Å². The quantitative estimate of drug-likeness (QED) is 0.814. The third kappa shape index (κ3) is 2.93. The number of hydrogen-bond acceptors (Lipinski definition) is 4. The molecule has 112 valence electrons. The Bertz CT molecular complexity index is 619. The van der Waals surface area contributed by atoms with Gasteiger partial charge in [-0.15, -0.1) is 0 Å². The summed E-state index contributed by atoms with van der Waals surface area (Å²) in [5.41, 5.74) is 6.12. The van der Waals surface area contributed by atoms with Crippen LogP contribution in [0.5, 0.6) is 0 Å². The van der Waals surface area contributed by atoms with Crippen LogP contribution in [0.3, 0.4) is 0 Å². The summed E-state index contributed by atoms with van der Waals surface area (Å²) in [5.74, 6) is 0. The van der Waals surface area contributed by atoms with Crippen LogP contribution in [0, 0.1) is 6.92 Å². The molecule has 0 atom stereocenters. The van der Waals surface area contributed by atoms with Gasteiger partial charge < -0.3 is 10.8 Å². The van der Waals surface area contributed by atoms with E-state index < -0.39 is 15.6 Å². The molecule has 1 aliphatic heterocycles. The average molecular weight is 319 g/mol. The Morgan fingerprint density at radius 1 is 1.35 bits per heavy atom. The van der Waals surface area contributed by atoms with E-state index in [1.807, 2.05) is 0 Å².